The predicted molar refractivity (Wildman–Crippen MR) is 130 cm³/mol. The number of anilines is 1. The van der Waals surface area contributed by atoms with Gasteiger partial charge in [-0.25, -0.2) is 4.99 Å². The monoisotopic (exact) mass is 488 g/mol. The average molecular weight is 489 g/mol. The molecule has 5 rings (SSSR count). The molecule has 3 amide bonds. The van der Waals surface area contributed by atoms with Crippen LogP contribution in [-0.2, 0) is 16.0 Å². The van der Waals surface area contributed by atoms with Gasteiger partial charge in [0.05, 0.1) is 18.9 Å². The molecule has 10 heteroatoms. The molecule has 3 heterocycles. The first-order chi connectivity index (χ1) is 17.5. The summed E-state index contributed by atoms with van der Waals surface area (Å²) in [7, 11) is 1.55. The van der Waals surface area contributed by atoms with Gasteiger partial charge < -0.3 is 23.8 Å². The second-order valence-electron chi connectivity index (χ2n) is 8.44. The van der Waals surface area contributed by atoms with Crippen molar-refractivity contribution >= 4 is 29.1 Å². The first-order valence-corrected chi connectivity index (χ1v) is 11.5. The molecule has 0 atom stereocenters. The van der Waals surface area contributed by atoms with Crippen LogP contribution in [0.15, 0.2) is 64.1 Å². The summed E-state index contributed by atoms with van der Waals surface area (Å²) in [6.45, 7) is 1.80. The predicted octanol–water partition coefficient (Wildman–Crippen LogP) is 2.37. The van der Waals surface area contributed by atoms with E-state index in [1.54, 1.807) is 30.1 Å². The summed E-state index contributed by atoms with van der Waals surface area (Å²) >= 11 is 0. The van der Waals surface area contributed by atoms with Gasteiger partial charge in [0.2, 0.25) is 0 Å². The number of ether oxygens (including phenoxy) is 2. The number of hydrogen-bond acceptors (Lipinski definition) is 7. The lowest BCUT2D eigenvalue weighted by Crippen LogP contribution is -2.40. The lowest BCUT2D eigenvalue weighted by atomic mass is 10.1. The molecule has 0 unspecified atom stereocenters. The quantitative estimate of drug-likeness (QED) is 0.554. The number of hydrogen-bond donors (Lipinski definition) is 0. The van der Waals surface area contributed by atoms with Crippen molar-refractivity contribution in [3.05, 3.63) is 77.2 Å². The smallest absolute Gasteiger partial charge is 0.299 e. The van der Waals surface area contributed by atoms with Gasteiger partial charge in [-0.05, 0) is 23.8 Å². The SMILES string of the molecule is CN1C(=O)C(=NC(=O)c2cc(Cc3ccccc3)on2)COc2ccc(C(=O)N3CCOCC3)cc21. The first kappa shape index (κ1) is 23.4. The highest BCUT2D eigenvalue weighted by Gasteiger charge is 2.29. The van der Waals surface area contributed by atoms with Crippen molar-refractivity contribution in [2.75, 3.05) is 44.9 Å². The number of rotatable bonds is 4. The van der Waals surface area contributed by atoms with Gasteiger partial charge >= 0.3 is 0 Å². The van der Waals surface area contributed by atoms with Crippen LogP contribution in [-0.4, -0.2) is 73.4 Å². The first-order valence-electron chi connectivity index (χ1n) is 11.5. The number of fused-ring (bicyclic) bond motifs is 1. The fourth-order valence-electron chi connectivity index (χ4n) is 4.05. The van der Waals surface area contributed by atoms with Crippen molar-refractivity contribution in [2.45, 2.75) is 6.42 Å². The summed E-state index contributed by atoms with van der Waals surface area (Å²) in [5, 5.41) is 3.81. The lowest BCUT2D eigenvalue weighted by Gasteiger charge is -2.27. The summed E-state index contributed by atoms with van der Waals surface area (Å²) in [6, 6.07) is 16.1. The zero-order valence-electron chi connectivity index (χ0n) is 19.7. The number of nitrogens with zero attached hydrogens (tertiary/aromatic N) is 4. The van der Waals surface area contributed by atoms with Crippen molar-refractivity contribution in [3.63, 3.8) is 0 Å². The fourth-order valence-corrected chi connectivity index (χ4v) is 4.05. The standard InChI is InChI=1S/C26H24N4O6/c1-29-22-14-18(25(32)30-9-11-34-12-10-30)7-8-23(22)35-16-21(26(29)33)27-24(31)20-15-19(36-28-20)13-17-5-3-2-4-6-17/h2-8,14-15H,9-13,16H2,1H3. The summed E-state index contributed by atoms with van der Waals surface area (Å²) in [6.07, 6.45) is 0.475. The summed E-state index contributed by atoms with van der Waals surface area (Å²) < 4.78 is 16.4. The summed E-state index contributed by atoms with van der Waals surface area (Å²) in [4.78, 5) is 45.8. The molecule has 2 aromatic carbocycles. The van der Waals surface area contributed by atoms with Crippen LogP contribution >= 0.6 is 0 Å². The van der Waals surface area contributed by atoms with E-state index in [1.807, 2.05) is 30.3 Å². The summed E-state index contributed by atoms with van der Waals surface area (Å²) in [5.74, 6) is -0.435. The number of amides is 3. The number of carbonyl (C=O) groups is 3. The van der Waals surface area contributed by atoms with E-state index in [-0.39, 0.29) is 23.9 Å². The molecule has 184 valence electrons. The molecule has 10 nitrogen and oxygen atoms in total. The van der Waals surface area contributed by atoms with Crippen molar-refractivity contribution in [1.82, 2.24) is 10.1 Å². The number of morpholine rings is 1. The molecule has 0 spiro atoms. The molecule has 2 aliphatic heterocycles. The maximum atomic E-state index is 13.1. The Labute approximate surface area is 207 Å². The van der Waals surface area contributed by atoms with E-state index < -0.39 is 11.8 Å². The van der Waals surface area contributed by atoms with E-state index in [9.17, 15) is 14.4 Å². The second kappa shape index (κ2) is 10.1. The van der Waals surface area contributed by atoms with Gasteiger partial charge in [0.1, 0.15) is 23.8 Å². The van der Waals surface area contributed by atoms with Crippen molar-refractivity contribution in [3.8, 4) is 5.75 Å². The molecule has 2 aliphatic rings. The van der Waals surface area contributed by atoms with Crippen LogP contribution in [0.3, 0.4) is 0 Å². The molecule has 36 heavy (non-hydrogen) atoms. The molecule has 0 N–H and O–H groups in total. The van der Waals surface area contributed by atoms with Crippen molar-refractivity contribution in [2.24, 2.45) is 4.99 Å². The van der Waals surface area contributed by atoms with Gasteiger partial charge in [-0.3, -0.25) is 14.4 Å². The second-order valence-corrected chi connectivity index (χ2v) is 8.44. The number of benzene rings is 2. The third-order valence-electron chi connectivity index (χ3n) is 6.02. The van der Waals surface area contributed by atoms with Crippen molar-refractivity contribution < 1.29 is 28.4 Å². The van der Waals surface area contributed by atoms with Crippen LogP contribution < -0.4 is 9.64 Å². The van der Waals surface area contributed by atoms with E-state index in [0.29, 0.717) is 55.5 Å². The third-order valence-corrected chi connectivity index (χ3v) is 6.02. The Morgan fingerprint density at radius 2 is 1.83 bits per heavy atom. The molecule has 0 bridgehead atoms. The van der Waals surface area contributed by atoms with Crippen LogP contribution in [0.25, 0.3) is 0 Å². The number of aliphatic imine (C=N–C) groups is 1. The van der Waals surface area contributed by atoms with Gasteiger partial charge in [-0.2, -0.15) is 0 Å². The van der Waals surface area contributed by atoms with Gasteiger partial charge in [0.15, 0.2) is 5.69 Å². The Balaban J connectivity index is 1.32. The molecule has 0 radical (unpaired) electrons. The van der Waals surface area contributed by atoms with Gasteiger partial charge in [-0.1, -0.05) is 35.5 Å². The molecule has 3 aromatic rings. The van der Waals surface area contributed by atoms with Crippen LogP contribution in [0.5, 0.6) is 5.75 Å². The highest BCUT2D eigenvalue weighted by Crippen LogP contribution is 2.31. The molecule has 1 fully saturated rings. The van der Waals surface area contributed by atoms with Crippen LogP contribution in [0.1, 0.15) is 32.2 Å². The van der Waals surface area contributed by atoms with Crippen molar-refractivity contribution in [1.29, 1.82) is 0 Å². The molecule has 1 aromatic heterocycles. The van der Waals surface area contributed by atoms with Crippen LogP contribution in [0.2, 0.25) is 0 Å². The Hall–Kier alpha value is -4.31. The van der Waals surface area contributed by atoms with E-state index in [0.717, 1.165) is 5.56 Å². The van der Waals surface area contributed by atoms with E-state index >= 15 is 0 Å². The lowest BCUT2D eigenvalue weighted by molar-refractivity contribution is -0.112. The maximum absolute atomic E-state index is 13.1. The van der Waals surface area contributed by atoms with Gasteiger partial charge in [0, 0.05) is 38.2 Å². The minimum absolute atomic E-state index is 0.00374. The minimum Gasteiger partial charge on any atom is -0.485 e. The van der Waals surface area contributed by atoms with Crippen LogP contribution in [0, 0.1) is 0 Å². The summed E-state index contributed by atoms with van der Waals surface area (Å²) in [5.41, 5.74) is 1.79. The number of aromatic nitrogens is 1. The molecule has 0 saturated carbocycles. The van der Waals surface area contributed by atoms with Crippen LogP contribution in [0.4, 0.5) is 5.69 Å². The highest BCUT2D eigenvalue weighted by atomic mass is 16.5. The topological polar surface area (TPSA) is 115 Å². The average Bonchev–Trinajstić information content (AvgIpc) is 3.35. The third kappa shape index (κ3) is 4.89. The zero-order chi connectivity index (χ0) is 25.1. The molecule has 0 aliphatic carbocycles. The van der Waals surface area contributed by atoms with Gasteiger partial charge in [-0.15, -0.1) is 0 Å². The number of carbonyl (C=O) groups excluding carboxylic acids is 3. The largest absolute Gasteiger partial charge is 0.485 e. The highest BCUT2D eigenvalue weighted by molar-refractivity contribution is 6.46. The van der Waals surface area contributed by atoms with Gasteiger partial charge in [0.25, 0.3) is 17.7 Å². The Kier molecular flexibility index (Phi) is 6.59. The molecular formula is C26H24N4O6. The Bertz CT molecular complexity index is 1330. The van der Waals surface area contributed by atoms with E-state index in [2.05, 4.69) is 10.1 Å². The maximum Gasteiger partial charge on any atom is 0.299 e. The Morgan fingerprint density at radius 3 is 2.61 bits per heavy atom. The fraction of sp³-hybridized carbons (Fsp3) is 0.269. The van der Waals surface area contributed by atoms with E-state index in [4.69, 9.17) is 14.0 Å². The normalized spacial score (nSPS) is 16.9. The minimum atomic E-state index is -0.701. The molecule has 1 saturated heterocycles. The van der Waals surface area contributed by atoms with E-state index in [1.165, 1.54) is 11.0 Å². The Morgan fingerprint density at radius 1 is 1.06 bits per heavy atom. The molecular weight excluding hydrogens is 464 g/mol. The zero-order valence-corrected chi connectivity index (χ0v) is 19.7.